The Balaban J connectivity index is 2.03. The number of hydrogen-bond donors (Lipinski definition) is 1. The summed E-state index contributed by atoms with van der Waals surface area (Å²) in [7, 11) is 0. The highest BCUT2D eigenvalue weighted by Crippen LogP contribution is 2.36. The van der Waals surface area contributed by atoms with Crippen molar-refractivity contribution in [1.29, 1.82) is 0 Å². The highest BCUT2D eigenvalue weighted by Gasteiger charge is 2.10. The van der Waals surface area contributed by atoms with Crippen molar-refractivity contribution < 1.29 is 9.50 Å². The molecule has 6 heteroatoms. The largest absolute Gasteiger partial charge is 0.396 e. The summed E-state index contributed by atoms with van der Waals surface area (Å²) >= 11 is 3.09. The van der Waals surface area contributed by atoms with Crippen LogP contribution in [0.15, 0.2) is 41.7 Å². The summed E-state index contributed by atoms with van der Waals surface area (Å²) < 4.78 is 14.0. The molecular formula is C14H11FN2OS2. The van der Waals surface area contributed by atoms with Crippen molar-refractivity contribution in [2.75, 3.05) is 12.4 Å². The molecule has 0 unspecified atom stereocenters. The lowest BCUT2D eigenvalue weighted by Gasteiger charge is -1.98. The predicted molar refractivity (Wildman–Crippen MR) is 80.6 cm³/mol. The van der Waals surface area contributed by atoms with E-state index in [-0.39, 0.29) is 12.4 Å². The van der Waals surface area contributed by atoms with Crippen molar-refractivity contribution in [3.05, 3.63) is 42.5 Å². The van der Waals surface area contributed by atoms with Gasteiger partial charge < -0.3 is 5.11 Å². The van der Waals surface area contributed by atoms with Crippen LogP contribution >= 0.6 is 23.1 Å². The molecule has 0 amide bonds. The summed E-state index contributed by atoms with van der Waals surface area (Å²) in [5, 5.41) is 9.79. The van der Waals surface area contributed by atoms with E-state index in [0.717, 1.165) is 25.7 Å². The van der Waals surface area contributed by atoms with E-state index in [4.69, 9.17) is 5.11 Å². The zero-order valence-electron chi connectivity index (χ0n) is 10.4. The van der Waals surface area contributed by atoms with Gasteiger partial charge in [0.1, 0.15) is 17.2 Å². The fourth-order valence-electron chi connectivity index (χ4n) is 1.83. The molecule has 3 aromatic rings. The number of nitrogens with zero attached hydrogens (tertiary/aromatic N) is 2. The Morgan fingerprint density at radius 2 is 2.00 bits per heavy atom. The Kier molecular flexibility index (Phi) is 3.95. The normalized spacial score (nSPS) is 11.1. The molecule has 1 N–H and O–H groups in total. The second kappa shape index (κ2) is 5.87. The maximum Gasteiger partial charge on any atom is 0.123 e. The van der Waals surface area contributed by atoms with E-state index < -0.39 is 0 Å². The minimum absolute atomic E-state index is 0.117. The second-order valence-electron chi connectivity index (χ2n) is 4.08. The van der Waals surface area contributed by atoms with Crippen molar-refractivity contribution >= 4 is 33.3 Å². The van der Waals surface area contributed by atoms with Gasteiger partial charge in [-0.25, -0.2) is 14.4 Å². The van der Waals surface area contributed by atoms with E-state index in [1.165, 1.54) is 30.2 Å². The third-order valence-electron chi connectivity index (χ3n) is 2.74. The van der Waals surface area contributed by atoms with E-state index in [0.29, 0.717) is 5.75 Å². The molecule has 0 saturated heterocycles. The fraction of sp³-hybridized carbons (Fsp3) is 0.143. The zero-order valence-corrected chi connectivity index (χ0v) is 12.0. The Bertz CT molecular complexity index is 728. The van der Waals surface area contributed by atoms with Gasteiger partial charge in [-0.15, -0.1) is 23.1 Å². The SMILES string of the molecule is OCCSc1ncnc2cc(-c3ccc(F)cc3)sc12. The second-order valence-corrected chi connectivity index (χ2v) is 6.22. The molecule has 0 spiro atoms. The number of thioether (sulfide) groups is 1. The van der Waals surface area contributed by atoms with Gasteiger partial charge >= 0.3 is 0 Å². The summed E-state index contributed by atoms with van der Waals surface area (Å²) in [5.74, 6) is 0.365. The third-order valence-corrected chi connectivity index (χ3v) is 5.02. The van der Waals surface area contributed by atoms with E-state index in [1.807, 2.05) is 6.07 Å². The van der Waals surface area contributed by atoms with Gasteiger partial charge in [0.15, 0.2) is 0 Å². The van der Waals surface area contributed by atoms with Crippen LogP contribution < -0.4 is 0 Å². The Hall–Kier alpha value is -1.50. The molecule has 0 saturated carbocycles. The molecule has 3 nitrogen and oxygen atoms in total. The lowest BCUT2D eigenvalue weighted by Crippen LogP contribution is -1.88. The molecule has 0 aliphatic heterocycles. The Labute approximate surface area is 123 Å². The minimum atomic E-state index is -0.242. The molecular weight excluding hydrogens is 295 g/mol. The smallest absolute Gasteiger partial charge is 0.123 e. The lowest BCUT2D eigenvalue weighted by atomic mass is 10.2. The number of hydrogen-bond acceptors (Lipinski definition) is 5. The molecule has 20 heavy (non-hydrogen) atoms. The van der Waals surface area contributed by atoms with E-state index in [9.17, 15) is 4.39 Å². The van der Waals surface area contributed by atoms with Crippen LogP contribution in [0, 0.1) is 5.82 Å². The van der Waals surface area contributed by atoms with Crippen LogP contribution in [0.2, 0.25) is 0 Å². The quantitative estimate of drug-likeness (QED) is 0.591. The van der Waals surface area contributed by atoms with Crippen LogP contribution in [0.1, 0.15) is 0 Å². The molecule has 0 radical (unpaired) electrons. The molecule has 3 rings (SSSR count). The van der Waals surface area contributed by atoms with E-state index >= 15 is 0 Å². The van der Waals surface area contributed by atoms with Crippen LogP contribution in [0.25, 0.3) is 20.7 Å². The first-order valence-corrected chi connectivity index (χ1v) is 7.82. The zero-order chi connectivity index (χ0) is 13.9. The molecule has 0 bridgehead atoms. The first-order chi connectivity index (χ1) is 9.78. The number of aliphatic hydroxyl groups excluding tert-OH is 1. The molecule has 0 aliphatic rings. The van der Waals surface area contributed by atoms with Crippen molar-refractivity contribution in [1.82, 2.24) is 9.97 Å². The monoisotopic (exact) mass is 306 g/mol. The van der Waals surface area contributed by atoms with Crippen molar-refractivity contribution in [2.24, 2.45) is 0 Å². The number of rotatable bonds is 4. The van der Waals surface area contributed by atoms with Gasteiger partial charge in [0.25, 0.3) is 0 Å². The van der Waals surface area contributed by atoms with Crippen molar-refractivity contribution in [3.8, 4) is 10.4 Å². The van der Waals surface area contributed by atoms with Gasteiger partial charge in [0.2, 0.25) is 0 Å². The molecule has 2 aromatic heterocycles. The van der Waals surface area contributed by atoms with Crippen molar-refractivity contribution in [3.63, 3.8) is 0 Å². The summed E-state index contributed by atoms with van der Waals surface area (Å²) in [4.78, 5) is 9.55. The van der Waals surface area contributed by atoms with Gasteiger partial charge in [-0.3, -0.25) is 0 Å². The summed E-state index contributed by atoms with van der Waals surface area (Å²) in [6.45, 7) is 0.117. The Morgan fingerprint density at radius 1 is 1.20 bits per heavy atom. The predicted octanol–water partition coefficient (Wildman–Crippen LogP) is 3.58. The van der Waals surface area contributed by atoms with Gasteiger partial charge in [0, 0.05) is 10.6 Å². The average Bonchev–Trinajstić information content (AvgIpc) is 2.90. The molecule has 0 atom stereocenters. The standard InChI is InChI=1S/C14H11FN2OS2/c15-10-3-1-9(2-4-10)12-7-11-13(20-12)14(17-8-16-11)19-6-5-18/h1-4,7-8,18H,5-6H2. The van der Waals surface area contributed by atoms with Gasteiger partial charge in [-0.1, -0.05) is 12.1 Å². The maximum atomic E-state index is 13.0. The van der Waals surface area contributed by atoms with E-state index in [1.54, 1.807) is 23.5 Å². The first kappa shape index (κ1) is 13.5. The van der Waals surface area contributed by atoms with Crippen LogP contribution in [-0.4, -0.2) is 27.4 Å². The number of halogens is 1. The van der Waals surface area contributed by atoms with Gasteiger partial charge in [-0.05, 0) is 23.8 Å². The summed E-state index contributed by atoms with van der Waals surface area (Å²) in [5.41, 5.74) is 1.84. The first-order valence-electron chi connectivity index (χ1n) is 6.02. The summed E-state index contributed by atoms with van der Waals surface area (Å²) in [6, 6.07) is 8.40. The third kappa shape index (κ3) is 2.67. The van der Waals surface area contributed by atoms with Gasteiger partial charge in [0.05, 0.1) is 16.8 Å². The highest BCUT2D eigenvalue weighted by molar-refractivity contribution is 7.99. The van der Waals surface area contributed by atoms with Crippen LogP contribution in [0.3, 0.4) is 0 Å². The molecule has 1 aromatic carbocycles. The number of aromatic nitrogens is 2. The number of benzene rings is 1. The molecule has 0 fully saturated rings. The number of aliphatic hydroxyl groups is 1. The van der Waals surface area contributed by atoms with Crippen LogP contribution in [0.4, 0.5) is 4.39 Å². The number of fused-ring (bicyclic) bond motifs is 1. The van der Waals surface area contributed by atoms with Crippen molar-refractivity contribution in [2.45, 2.75) is 5.03 Å². The highest BCUT2D eigenvalue weighted by atomic mass is 32.2. The van der Waals surface area contributed by atoms with Crippen LogP contribution in [-0.2, 0) is 0 Å². The summed E-state index contributed by atoms with van der Waals surface area (Å²) in [6.07, 6.45) is 1.53. The maximum absolute atomic E-state index is 13.0. The Morgan fingerprint density at radius 3 is 2.75 bits per heavy atom. The topological polar surface area (TPSA) is 46.0 Å². The van der Waals surface area contributed by atoms with E-state index in [2.05, 4.69) is 9.97 Å². The molecule has 102 valence electrons. The lowest BCUT2D eigenvalue weighted by molar-refractivity contribution is 0.322. The molecule has 0 aliphatic carbocycles. The minimum Gasteiger partial charge on any atom is -0.396 e. The molecule has 2 heterocycles. The average molecular weight is 306 g/mol. The van der Waals surface area contributed by atoms with Gasteiger partial charge in [-0.2, -0.15) is 0 Å². The number of thiophene rings is 1. The van der Waals surface area contributed by atoms with Crippen LogP contribution in [0.5, 0.6) is 0 Å². The fourth-order valence-corrected chi connectivity index (χ4v) is 3.78.